The lowest BCUT2D eigenvalue weighted by molar-refractivity contribution is 0.586. The van der Waals surface area contributed by atoms with Gasteiger partial charge in [0.15, 0.2) is 9.84 Å². The third-order valence-electron chi connectivity index (χ3n) is 3.13. The molecule has 1 aromatic carbocycles. The molecule has 0 aliphatic carbocycles. The smallest absolute Gasteiger partial charge is 0.153 e. The molecule has 1 aromatic rings. The second-order valence-corrected chi connectivity index (χ2v) is 7.12. The van der Waals surface area contributed by atoms with Crippen LogP contribution in [-0.4, -0.2) is 40.1 Å². The number of rotatable bonds is 3. The molecule has 0 amide bonds. The monoisotopic (exact) mass is 288 g/mol. The summed E-state index contributed by atoms with van der Waals surface area (Å²) in [6, 6.07) is 5.76. The van der Waals surface area contributed by atoms with E-state index in [1.165, 1.54) is 0 Å². The molecule has 1 fully saturated rings. The van der Waals surface area contributed by atoms with E-state index in [4.69, 9.17) is 11.6 Å². The molecule has 1 aliphatic heterocycles. The fraction of sp³-hybridized carbons (Fsp3) is 0.500. The van der Waals surface area contributed by atoms with Crippen molar-refractivity contribution < 1.29 is 8.42 Å². The molecule has 6 heteroatoms. The molecule has 0 aromatic heterocycles. The maximum atomic E-state index is 11.4. The van der Waals surface area contributed by atoms with E-state index < -0.39 is 9.84 Å². The minimum atomic E-state index is -2.85. The molecule has 18 heavy (non-hydrogen) atoms. The van der Waals surface area contributed by atoms with Gasteiger partial charge in [0, 0.05) is 35.9 Å². The topological polar surface area (TPSA) is 49.4 Å². The molecule has 4 nitrogen and oxygen atoms in total. The number of hydrogen-bond donors (Lipinski definition) is 1. The SMILES string of the molecule is CNCc1c(Cl)cccc1N1CCS(=O)(=O)CC1. The average Bonchev–Trinajstić information content (AvgIpc) is 2.32. The van der Waals surface area contributed by atoms with E-state index in [0.717, 1.165) is 16.3 Å². The Morgan fingerprint density at radius 3 is 2.61 bits per heavy atom. The van der Waals surface area contributed by atoms with Crippen LogP contribution in [0.4, 0.5) is 5.69 Å². The highest BCUT2D eigenvalue weighted by Crippen LogP contribution is 2.28. The quantitative estimate of drug-likeness (QED) is 0.911. The highest BCUT2D eigenvalue weighted by molar-refractivity contribution is 7.91. The maximum Gasteiger partial charge on any atom is 0.153 e. The van der Waals surface area contributed by atoms with Crippen LogP contribution >= 0.6 is 11.6 Å². The first kappa shape index (κ1) is 13.6. The van der Waals surface area contributed by atoms with Gasteiger partial charge < -0.3 is 10.2 Å². The van der Waals surface area contributed by atoms with Crippen molar-refractivity contribution in [2.75, 3.05) is 36.5 Å². The standard InChI is InChI=1S/C12H17ClN2O2S/c1-14-9-10-11(13)3-2-4-12(10)15-5-7-18(16,17)8-6-15/h2-4,14H,5-9H2,1H3. The van der Waals surface area contributed by atoms with Crippen molar-refractivity contribution in [3.05, 3.63) is 28.8 Å². The number of halogens is 1. The summed E-state index contributed by atoms with van der Waals surface area (Å²) in [7, 11) is -0.980. The van der Waals surface area contributed by atoms with E-state index in [9.17, 15) is 8.42 Å². The number of benzene rings is 1. The summed E-state index contributed by atoms with van der Waals surface area (Å²) < 4.78 is 22.9. The van der Waals surface area contributed by atoms with Crippen LogP contribution in [0.25, 0.3) is 0 Å². The van der Waals surface area contributed by atoms with Crippen LogP contribution in [0, 0.1) is 0 Å². The predicted molar refractivity (Wildman–Crippen MR) is 75.1 cm³/mol. The molecule has 1 saturated heterocycles. The molecule has 0 saturated carbocycles. The Morgan fingerprint density at radius 2 is 2.00 bits per heavy atom. The number of nitrogens with zero attached hydrogens (tertiary/aromatic N) is 1. The van der Waals surface area contributed by atoms with Gasteiger partial charge in [0.25, 0.3) is 0 Å². The van der Waals surface area contributed by atoms with Crippen molar-refractivity contribution in [1.82, 2.24) is 5.32 Å². The third-order valence-corrected chi connectivity index (χ3v) is 5.10. The van der Waals surface area contributed by atoms with Gasteiger partial charge in [-0.3, -0.25) is 0 Å². The zero-order valence-electron chi connectivity index (χ0n) is 10.3. The van der Waals surface area contributed by atoms with E-state index in [0.29, 0.717) is 19.6 Å². The van der Waals surface area contributed by atoms with E-state index in [2.05, 4.69) is 10.2 Å². The molecule has 0 unspecified atom stereocenters. The van der Waals surface area contributed by atoms with E-state index >= 15 is 0 Å². The van der Waals surface area contributed by atoms with Crippen LogP contribution in [0.2, 0.25) is 5.02 Å². The molecule has 2 rings (SSSR count). The van der Waals surface area contributed by atoms with Crippen LogP contribution in [0.15, 0.2) is 18.2 Å². The van der Waals surface area contributed by atoms with Crippen LogP contribution in [0.1, 0.15) is 5.56 Å². The summed E-state index contributed by atoms with van der Waals surface area (Å²) in [5, 5.41) is 3.81. The van der Waals surface area contributed by atoms with Crippen molar-refractivity contribution >= 4 is 27.1 Å². The lowest BCUT2D eigenvalue weighted by Gasteiger charge is -2.30. The van der Waals surface area contributed by atoms with Gasteiger partial charge in [0.2, 0.25) is 0 Å². The fourth-order valence-electron chi connectivity index (χ4n) is 2.15. The van der Waals surface area contributed by atoms with E-state index in [-0.39, 0.29) is 11.5 Å². The zero-order valence-corrected chi connectivity index (χ0v) is 11.9. The maximum absolute atomic E-state index is 11.4. The molecule has 1 heterocycles. The van der Waals surface area contributed by atoms with Crippen LogP contribution in [-0.2, 0) is 16.4 Å². The Balaban J connectivity index is 2.26. The second kappa shape index (κ2) is 5.47. The van der Waals surface area contributed by atoms with E-state index in [1.54, 1.807) is 0 Å². The Labute approximate surface area is 113 Å². The first-order valence-electron chi connectivity index (χ1n) is 5.91. The minimum absolute atomic E-state index is 0.221. The van der Waals surface area contributed by atoms with Crippen LogP contribution in [0.3, 0.4) is 0 Å². The number of nitrogens with one attached hydrogen (secondary N) is 1. The molecule has 100 valence electrons. The van der Waals surface area contributed by atoms with Crippen molar-refractivity contribution in [2.45, 2.75) is 6.54 Å². The van der Waals surface area contributed by atoms with Crippen molar-refractivity contribution in [3.8, 4) is 0 Å². The van der Waals surface area contributed by atoms with Crippen LogP contribution < -0.4 is 10.2 Å². The minimum Gasteiger partial charge on any atom is -0.369 e. The number of anilines is 1. The van der Waals surface area contributed by atoms with Gasteiger partial charge in [-0.1, -0.05) is 17.7 Å². The summed E-state index contributed by atoms with van der Waals surface area (Å²) in [5.74, 6) is 0.441. The Hall–Kier alpha value is -0.780. The molecule has 0 bridgehead atoms. The van der Waals surface area contributed by atoms with E-state index in [1.807, 2.05) is 25.2 Å². The summed E-state index contributed by atoms with van der Waals surface area (Å²) in [5.41, 5.74) is 2.06. The first-order valence-corrected chi connectivity index (χ1v) is 8.11. The third kappa shape index (κ3) is 2.96. The van der Waals surface area contributed by atoms with Crippen LogP contribution in [0.5, 0.6) is 0 Å². The summed E-state index contributed by atoms with van der Waals surface area (Å²) >= 11 is 6.20. The Kier molecular flexibility index (Phi) is 4.14. The van der Waals surface area contributed by atoms with Gasteiger partial charge >= 0.3 is 0 Å². The van der Waals surface area contributed by atoms with Gasteiger partial charge in [0.1, 0.15) is 0 Å². The molecular formula is C12H17ClN2O2S. The molecule has 1 aliphatic rings. The summed E-state index contributed by atoms with van der Waals surface area (Å²) in [6.07, 6.45) is 0. The van der Waals surface area contributed by atoms with Gasteiger partial charge in [-0.05, 0) is 19.2 Å². The average molecular weight is 289 g/mol. The number of sulfone groups is 1. The molecule has 0 radical (unpaired) electrons. The zero-order chi connectivity index (χ0) is 13.2. The predicted octanol–water partition coefficient (Wildman–Crippen LogP) is 1.29. The summed E-state index contributed by atoms with van der Waals surface area (Å²) in [6.45, 7) is 1.76. The Bertz CT molecular complexity index is 517. The molecule has 1 N–H and O–H groups in total. The number of hydrogen-bond acceptors (Lipinski definition) is 4. The van der Waals surface area contributed by atoms with Crippen molar-refractivity contribution in [2.24, 2.45) is 0 Å². The van der Waals surface area contributed by atoms with Gasteiger partial charge in [-0.2, -0.15) is 0 Å². The first-order chi connectivity index (χ1) is 8.53. The van der Waals surface area contributed by atoms with Crippen molar-refractivity contribution in [1.29, 1.82) is 0 Å². The summed E-state index contributed by atoms with van der Waals surface area (Å²) in [4.78, 5) is 2.10. The molecule has 0 atom stereocenters. The normalized spacial score (nSPS) is 18.9. The van der Waals surface area contributed by atoms with Gasteiger partial charge in [-0.15, -0.1) is 0 Å². The fourth-order valence-corrected chi connectivity index (χ4v) is 3.59. The van der Waals surface area contributed by atoms with Gasteiger partial charge in [0.05, 0.1) is 11.5 Å². The lowest BCUT2D eigenvalue weighted by atomic mass is 10.1. The lowest BCUT2D eigenvalue weighted by Crippen LogP contribution is -2.40. The Morgan fingerprint density at radius 1 is 1.33 bits per heavy atom. The molecular weight excluding hydrogens is 272 g/mol. The largest absolute Gasteiger partial charge is 0.369 e. The van der Waals surface area contributed by atoms with Crippen molar-refractivity contribution in [3.63, 3.8) is 0 Å². The van der Waals surface area contributed by atoms with Gasteiger partial charge in [-0.25, -0.2) is 8.42 Å². The highest BCUT2D eigenvalue weighted by atomic mass is 35.5. The molecule has 0 spiro atoms. The highest BCUT2D eigenvalue weighted by Gasteiger charge is 2.23. The second-order valence-electron chi connectivity index (χ2n) is 4.41.